The molecule has 0 N–H and O–H groups in total. The number of carbonyl (C=O) groups is 1. The Morgan fingerprint density at radius 1 is 1.29 bits per heavy atom. The second-order valence-electron chi connectivity index (χ2n) is 5.46. The fourth-order valence-electron chi connectivity index (χ4n) is 2.22. The molecule has 0 fully saturated rings. The van der Waals surface area contributed by atoms with Gasteiger partial charge in [0.05, 0.1) is 13.5 Å². The van der Waals surface area contributed by atoms with Crippen LogP contribution in [0.15, 0.2) is 30.6 Å². The second-order valence-corrected chi connectivity index (χ2v) is 5.46. The van der Waals surface area contributed by atoms with Crippen LogP contribution in [0, 0.1) is 5.92 Å². The first-order chi connectivity index (χ1) is 10.1. The highest BCUT2D eigenvalue weighted by Crippen LogP contribution is 2.18. The van der Waals surface area contributed by atoms with Crippen molar-refractivity contribution in [2.75, 3.05) is 7.11 Å². The maximum Gasteiger partial charge on any atom is 0.144 e. The van der Waals surface area contributed by atoms with Crippen LogP contribution in [0.5, 0.6) is 5.75 Å². The van der Waals surface area contributed by atoms with Gasteiger partial charge in [0.15, 0.2) is 0 Å². The van der Waals surface area contributed by atoms with Crippen molar-refractivity contribution < 1.29 is 9.53 Å². The molecule has 0 spiro atoms. The molecule has 112 valence electrons. The van der Waals surface area contributed by atoms with Crippen molar-refractivity contribution in [2.24, 2.45) is 5.92 Å². The lowest BCUT2D eigenvalue weighted by Crippen LogP contribution is -2.15. The van der Waals surface area contributed by atoms with E-state index in [0.717, 1.165) is 23.7 Å². The summed E-state index contributed by atoms with van der Waals surface area (Å²) in [5.41, 5.74) is 0.903. The molecule has 0 bridgehead atoms. The van der Waals surface area contributed by atoms with E-state index in [1.807, 2.05) is 28.9 Å². The average Bonchev–Trinajstić information content (AvgIpc) is 2.85. The van der Waals surface area contributed by atoms with Crippen LogP contribution in [0.3, 0.4) is 0 Å². The Hall–Kier alpha value is -2.17. The largest absolute Gasteiger partial charge is 0.496 e. The van der Waals surface area contributed by atoms with Crippen molar-refractivity contribution in [1.29, 1.82) is 0 Å². The van der Waals surface area contributed by atoms with Crippen molar-refractivity contribution in [3.8, 4) is 5.75 Å². The number of methoxy groups -OCH3 is 1. The molecule has 0 aliphatic carbocycles. The molecule has 1 aromatic heterocycles. The van der Waals surface area contributed by atoms with E-state index >= 15 is 0 Å². The van der Waals surface area contributed by atoms with Crippen LogP contribution in [0.4, 0.5) is 0 Å². The lowest BCUT2D eigenvalue weighted by molar-refractivity contribution is -0.118. The second kappa shape index (κ2) is 7.02. The van der Waals surface area contributed by atoms with Gasteiger partial charge in [-0.05, 0) is 12.0 Å². The summed E-state index contributed by atoms with van der Waals surface area (Å²) < 4.78 is 7.08. The minimum atomic E-state index is 0.109. The number of para-hydroxylation sites is 1. The van der Waals surface area contributed by atoms with Crippen molar-refractivity contribution in [2.45, 2.75) is 33.2 Å². The SMILES string of the molecule is COc1ccccc1CC(=O)Cc1ncnn1CC(C)C. The molecule has 0 radical (unpaired) electrons. The maximum absolute atomic E-state index is 12.2. The van der Waals surface area contributed by atoms with E-state index in [1.54, 1.807) is 7.11 Å². The molecule has 0 unspecified atom stereocenters. The molecule has 0 amide bonds. The van der Waals surface area contributed by atoms with E-state index in [-0.39, 0.29) is 5.78 Å². The zero-order chi connectivity index (χ0) is 15.2. The molecule has 1 heterocycles. The molecule has 21 heavy (non-hydrogen) atoms. The van der Waals surface area contributed by atoms with Gasteiger partial charge in [-0.15, -0.1) is 0 Å². The van der Waals surface area contributed by atoms with Crippen LogP contribution >= 0.6 is 0 Å². The first-order valence-corrected chi connectivity index (χ1v) is 7.10. The van der Waals surface area contributed by atoms with Gasteiger partial charge in [-0.3, -0.25) is 4.79 Å². The predicted octanol–water partition coefficient (Wildman–Crippen LogP) is 2.30. The highest BCUT2D eigenvalue weighted by atomic mass is 16.5. The van der Waals surface area contributed by atoms with Gasteiger partial charge in [0, 0.05) is 18.5 Å². The Morgan fingerprint density at radius 3 is 2.76 bits per heavy atom. The van der Waals surface area contributed by atoms with Crippen molar-refractivity contribution >= 4 is 5.78 Å². The molecule has 5 nitrogen and oxygen atoms in total. The lowest BCUT2D eigenvalue weighted by atomic mass is 10.1. The zero-order valence-electron chi connectivity index (χ0n) is 12.7. The fraction of sp³-hybridized carbons (Fsp3) is 0.438. The van der Waals surface area contributed by atoms with Gasteiger partial charge < -0.3 is 4.74 Å². The van der Waals surface area contributed by atoms with Crippen LogP contribution in [0.2, 0.25) is 0 Å². The Labute approximate surface area is 125 Å². The molecule has 5 heteroatoms. The molecule has 0 atom stereocenters. The summed E-state index contributed by atoms with van der Waals surface area (Å²) >= 11 is 0. The molecule has 2 rings (SSSR count). The topological polar surface area (TPSA) is 57.0 Å². The van der Waals surface area contributed by atoms with Crippen molar-refractivity contribution in [3.05, 3.63) is 42.0 Å². The first kappa shape index (κ1) is 15.2. The molecule has 0 aliphatic heterocycles. The summed E-state index contributed by atoms with van der Waals surface area (Å²) in [4.78, 5) is 16.4. The fourth-order valence-corrected chi connectivity index (χ4v) is 2.22. The van der Waals surface area contributed by atoms with Gasteiger partial charge in [0.1, 0.15) is 23.7 Å². The van der Waals surface area contributed by atoms with Crippen LogP contribution in [0.1, 0.15) is 25.2 Å². The number of benzene rings is 1. The number of rotatable bonds is 7. The third-order valence-corrected chi connectivity index (χ3v) is 3.17. The van der Waals surface area contributed by atoms with Crippen molar-refractivity contribution in [3.63, 3.8) is 0 Å². The average molecular weight is 287 g/mol. The predicted molar refractivity (Wildman–Crippen MR) is 80.3 cm³/mol. The maximum atomic E-state index is 12.2. The summed E-state index contributed by atoms with van der Waals surface area (Å²) in [6.07, 6.45) is 2.15. The minimum absolute atomic E-state index is 0.109. The number of carbonyl (C=O) groups excluding carboxylic acids is 1. The van der Waals surface area contributed by atoms with Crippen LogP contribution in [-0.2, 0) is 24.2 Å². The van der Waals surface area contributed by atoms with E-state index in [4.69, 9.17) is 4.74 Å². The highest BCUT2D eigenvalue weighted by molar-refractivity contribution is 5.83. The number of aromatic nitrogens is 3. The number of ether oxygens (including phenoxy) is 1. The molecular formula is C16H21N3O2. The van der Waals surface area contributed by atoms with Gasteiger partial charge in [-0.25, -0.2) is 9.67 Å². The van der Waals surface area contributed by atoms with Crippen molar-refractivity contribution in [1.82, 2.24) is 14.8 Å². The smallest absolute Gasteiger partial charge is 0.144 e. The van der Waals surface area contributed by atoms with Gasteiger partial charge >= 0.3 is 0 Å². The Kier molecular flexibility index (Phi) is 5.09. The zero-order valence-corrected chi connectivity index (χ0v) is 12.7. The number of hydrogen-bond donors (Lipinski definition) is 0. The van der Waals surface area contributed by atoms with E-state index < -0.39 is 0 Å². The number of nitrogens with zero attached hydrogens (tertiary/aromatic N) is 3. The summed E-state index contributed by atoms with van der Waals surface area (Å²) in [6.45, 7) is 5.00. The van der Waals surface area contributed by atoms with E-state index in [0.29, 0.717) is 18.8 Å². The summed E-state index contributed by atoms with van der Waals surface area (Å²) in [6, 6.07) is 7.58. The van der Waals surface area contributed by atoms with Gasteiger partial charge in [-0.1, -0.05) is 32.0 Å². The standard InChI is InChI=1S/C16H21N3O2/c1-12(2)10-19-16(17-11-18-19)9-14(20)8-13-6-4-5-7-15(13)21-3/h4-7,11-12H,8-10H2,1-3H3. The Bertz CT molecular complexity index is 605. The van der Waals surface area contributed by atoms with Crippen LogP contribution in [-0.4, -0.2) is 27.7 Å². The molecule has 2 aromatic rings. The van der Waals surface area contributed by atoms with E-state index in [9.17, 15) is 4.79 Å². The molecular weight excluding hydrogens is 266 g/mol. The highest BCUT2D eigenvalue weighted by Gasteiger charge is 2.13. The van der Waals surface area contributed by atoms with E-state index in [1.165, 1.54) is 6.33 Å². The molecule has 0 aliphatic rings. The third kappa shape index (κ3) is 4.15. The monoisotopic (exact) mass is 287 g/mol. The summed E-state index contributed by atoms with van der Waals surface area (Å²) in [5.74, 6) is 2.05. The van der Waals surface area contributed by atoms with Gasteiger partial charge in [-0.2, -0.15) is 5.10 Å². The molecule has 0 saturated heterocycles. The quantitative estimate of drug-likeness (QED) is 0.784. The van der Waals surface area contributed by atoms with Gasteiger partial charge in [0.25, 0.3) is 0 Å². The summed E-state index contributed by atoms with van der Waals surface area (Å²) in [7, 11) is 1.61. The molecule has 1 aromatic carbocycles. The van der Waals surface area contributed by atoms with Crippen LogP contribution in [0.25, 0.3) is 0 Å². The Morgan fingerprint density at radius 2 is 2.05 bits per heavy atom. The minimum Gasteiger partial charge on any atom is -0.496 e. The molecule has 0 saturated carbocycles. The Balaban J connectivity index is 2.04. The van der Waals surface area contributed by atoms with Crippen LogP contribution < -0.4 is 4.74 Å². The number of ketones is 1. The third-order valence-electron chi connectivity index (χ3n) is 3.17. The lowest BCUT2D eigenvalue weighted by Gasteiger charge is -2.09. The summed E-state index contributed by atoms with van der Waals surface area (Å²) in [5, 5.41) is 4.18. The first-order valence-electron chi connectivity index (χ1n) is 7.10. The normalized spacial score (nSPS) is 10.9. The number of Topliss-reactive ketones (excluding diaryl/α,β-unsaturated/α-hetero) is 1. The van der Waals surface area contributed by atoms with Gasteiger partial charge in [0.2, 0.25) is 0 Å². The van der Waals surface area contributed by atoms with E-state index in [2.05, 4.69) is 23.9 Å². The number of hydrogen-bond acceptors (Lipinski definition) is 4.